The predicted octanol–water partition coefficient (Wildman–Crippen LogP) is 3.91. The summed E-state index contributed by atoms with van der Waals surface area (Å²) >= 11 is 0. The molecule has 0 aromatic heterocycles. The second kappa shape index (κ2) is 7.24. The van der Waals surface area contributed by atoms with Crippen molar-refractivity contribution in [2.75, 3.05) is 6.61 Å². The zero-order valence-electron chi connectivity index (χ0n) is 9.65. The standard InChI is InChI=1S/C12H14O.C2H6/c1-2-5-11(6-3-1)8-9-12-7-4-10-13-12;1-2/h1-3,5-6,8-9,12H,4,7,10H2;1-2H3/b9-8+;. The molecule has 15 heavy (non-hydrogen) atoms. The third kappa shape index (κ3) is 4.30. The Bertz CT molecular complexity index is 271. The number of ether oxygens (including phenoxy) is 1. The van der Waals surface area contributed by atoms with Crippen LogP contribution < -0.4 is 0 Å². The molecule has 82 valence electrons. The van der Waals surface area contributed by atoms with Crippen LogP contribution in [0.5, 0.6) is 0 Å². The highest BCUT2D eigenvalue weighted by Crippen LogP contribution is 2.14. The lowest BCUT2D eigenvalue weighted by molar-refractivity contribution is 0.146. The van der Waals surface area contributed by atoms with Gasteiger partial charge in [0.2, 0.25) is 0 Å². The fraction of sp³-hybridized carbons (Fsp3) is 0.429. The molecule has 1 aliphatic heterocycles. The van der Waals surface area contributed by atoms with Crippen molar-refractivity contribution in [2.45, 2.75) is 32.8 Å². The van der Waals surface area contributed by atoms with E-state index in [0.29, 0.717) is 6.10 Å². The minimum Gasteiger partial charge on any atom is -0.374 e. The summed E-state index contributed by atoms with van der Waals surface area (Å²) in [6.07, 6.45) is 7.01. The van der Waals surface area contributed by atoms with Crippen LogP contribution in [0.1, 0.15) is 32.3 Å². The van der Waals surface area contributed by atoms with Gasteiger partial charge in [0.05, 0.1) is 6.10 Å². The molecule has 1 heteroatoms. The van der Waals surface area contributed by atoms with Crippen LogP contribution >= 0.6 is 0 Å². The van der Waals surface area contributed by atoms with Gasteiger partial charge in [-0.3, -0.25) is 0 Å². The SMILES string of the molecule is C(=C\C1CCCO1)/c1ccccc1.CC. The summed E-state index contributed by atoms with van der Waals surface area (Å²) in [7, 11) is 0. The molecule has 0 saturated carbocycles. The molecule has 0 bridgehead atoms. The third-order valence-corrected chi connectivity index (χ3v) is 2.27. The van der Waals surface area contributed by atoms with Crippen LogP contribution in [0.2, 0.25) is 0 Å². The minimum absolute atomic E-state index is 0.347. The Hall–Kier alpha value is -1.08. The van der Waals surface area contributed by atoms with Crippen molar-refractivity contribution < 1.29 is 4.74 Å². The lowest BCUT2D eigenvalue weighted by Gasteiger charge is -2.00. The predicted molar refractivity (Wildman–Crippen MR) is 65.8 cm³/mol. The molecule has 0 aliphatic carbocycles. The molecule has 0 spiro atoms. The van der Waals surface area contributed by atoms with Crippen molar-refractivity contribution in [2.24, 2.45) is 0 Å². The summed E-state index contributed by atoms with van der Waals surface area (Å²) in [6, 6.07) is 10.3. The molecule has 1 aromatic carbocycles. The van der Waals surface area contributed by atoms with Gasteiger partial charge in [-0.2, -0.15) is 0 Å². The lowest BCUT2D eigenvalue weighted by Crippen LogP contribution is -1.98. The molecular formula is C14H20O. The van der Waals surface area contributed by atoms with Gasteiger partial charge in [0.1, 0.15) is 0 Å². The molecule has 1 heterocycles. The van der Waals surface area contributed by atoms with E-state index in [-0.39, 0.29) is 0 Å². The summed E-state index contributed by atoms with van der Waals surface area (Å²) in [5.74, 6) is 0. The van der Waals surface area contributed by atoms with E-state index in [9.17, 15) is 0 Å². The summed E-state index contributed by atoms with van der Waals surface area (Å²) < 4.78 is 5.49. The van der Waals surface area contributed by atoms with Crippen LogP contribution in [0.4, 0.5) is 0 Å². The zero-order chi connectivity index (χ0) is 10.9. The fourth-order valence-corrected chi connectivity index (χ4v) is 1.54. The molecule has 1 unspecified atom stereocenters. The van der Waals surface area contributed by atoms with Crippen LogP contribution in [-0.4, -0.2) is 12.7 Å². The van der Waals surface area contributed by atoms with Gasteiger partial charge < -0.3 is 4.74 Å². The van der Waals surface area contributed by atoms with Gasteiger partial charge in [-0.05, 0) is 18.4 Å². The molecular weight excluding hydrogens is 184 g/mol. The molecule has 1 aromatic rings. The zero-order valence-corrected chi connectivity index (χ0v) is 9.65. The Morgan fingerprint density at radius 1 is 1.20 bits per heavy atom. The first-order valence-corrected chi connectivity index (χ1v) is 5.80. The van der Waals surface area contributed by atoms with Gasteiger partial charge in [0.15, 0.2) is 0 Å². The average molecular weight is 204 g/mol. The monoisotopic (exact) mass is 204 g/mol. The van der Waals surface area contributed by atoms with Crippen LogP contribution in [0.15, 0.2) is 36.4 Å². The van der Waals surface area contributed by atoms with Crippen molar-refractivity contribution >= 4 is 6.08 Å². The smallest absolute Gasteiger partial charge is 0.0759 e. The topological polar surface area (TPSA) is 9.23 Å². The van der Waals surface area contributed by atoms with Gasteiger partial charge in [0, 0.05) is 6.61 Å². The summed E-state index contributed by atoms with van der Waals surface area (Å²) in [4.78, 5) is 0. The summed E-state index contributed by atoms with van der Waals surface area (Å²) in [5, 5.41) is 0. The number of benzene rings is 1. The van der Waals surface area contributed by atoms with E-state index in [2.05, 4.69) is 36.4 Å². The second-order valence-corrected chi connectivity index (χ2v) is 3.32. The molecule has 0 amide bonds. The number of rotatable bonds is 2. The largest absolute Gasteiger partial charge is 0.374 e. The van der Waals surface area contributed by atoms with Crippen molar-refractivity contribution in [3.8, 4) is 0 Å². The maximum Gasteiger partial charge on any atom is 0.0759 e. The van der Waals surface area contributed by atoms with Gasteiger partial charge in [0.25, 0.3) is 0 Å². The number of hydrogen-bond donors (Lipinski definition) is 0. The molecule has 1 fully saturated rings. The first-order valence-electron chi connectivity index (χ1n) is 5.80. The number of hydrogen-bond acceptors (Lipinski definition) is 1. The Kier molecular flexibility index (Phi) is 5.79. The van der Waals surface area contributed by atoms with Crippen molar-refractivity contribution in [3.63, 3.8) is 0 Å². The maximum atomic E-state index is 5.49. The van der Waals surface area contributed by atoms with Gasteiger partial charge in [-0.15, -0.1) is 0 Å². The Balaban J connectivity index is 0.000000531. The first kappa shape index (κ1) is 12.0. The van der Waals surface area contributed by atoms with Crippen molar-refractivity contribution in [3.05, 3.63) is 42.0 Å². The molecule has 0 radical (unpaired) electrons. The van der Waals surface area contributed by atoms with E-state index >= 15 is 0 Å². The van der Waals surface area contributed by atoms with E-state index in [4.69, 9.17) is 4.74 Å². The average Bonchev–Trinajstić information content (AvgIpc) is 2.83. The van der Waals surface area contributed by atoms with E-state index < -0.39 is 0 Å². The quantitative estimate of drug-likeness (QED) is 0.709. The van der Waals surface area contributed by atoms with E-state index in [0.717, 1.165) is 6.61 Å². The van der Waals surface area contributed by atoms with Gasteiger partial charge in [-0.25, -0.2) is 0 Å². The molecule has 2 rings (SSSR count). The Morgan fingerprint density at radius 3 is 2.53 bits per heavy atom. The highest BCUT2D eigenvalue weighted by molar-refractivity contribution is 5.49. The van der Waals surface area contributed by atoms with Gasteiger partial charge in [-0.1, -0.05) is 56.3 Å². The second-order valence-electron chi connectivity index (χ2n) is 3.32. The third-order valence-electron chi connectivity index (χ3n) is 2.27. The van der Waals surface area contributed by atoms with Crippen LogP contribution in [-0.2, 0) is 4.74 Å². The first-order chi connectivity index (χ1) is 7.45. The molecule has 1 saturated heterocycles. The lowest BCUT2D eigenvalue weighted by atomic mass is 10.1. The summed E-state index contributed by atoms with van der Waals surface area (Å²) in [6.45, 7) is 4.92. The van der Waals surface area contributed by atoms with Crippen molar-refractivity contribution in [1.82, 2.24) is 0 Å². The van der Waals surface area contributed by atoms with Gasteiger partial charge >= 0.3 is 0 Å². The molecule has 1 atom stereocenters. The highest BCUT2D eigenvalue weighted by atomic mass is 16.5. The van der Waals surface area contributed by atoms with E-state index in [1.807, 2.05) is 19.9 Å². The molecule has 0 N–H and O–H groups in total. The summed E-state index contributed by atoms with van der Waals surface area (Å²) in [5.41, 5.74) is 1.25. The molecule has 1 nitrogen and oxygen atoms in total. The highest BCUT2D eigenvalue weighted by Gasteiger charge is 2.10. The Labute approximate surface area is 92.8 Å². The van der Waals surface area contributed by atoms with Crippen LogP contribution in [0.25, 0.3) is 6.08 Å². The van der Waals surface area contributed by atoms with Crippen LogP contribution in [0.3, 0.4) is 0 Å². The van der Waals surface area contributed by atoms with Crippen molar-refractivity contribution in [1.29, 1.82) is 0 Å². The fourth-order valence-electron chi connectivity index (χ4n) is 1.54. The van der Waals surface area contributed by atoms with E-state index in [1.165, 1.54) is 18.4 Å². The molecule has 1 aliphatic rings. The Morgan fingerprint density at radius 2 is 1.93 bits per heavy atom. The van der Waals surface area contributed by atoms with Crippen LogP contribution in [0, 0.1) is 0 Å². The normalized spacial score (nSPS) is 20.0. The van der Waals surface area contributed by atoms with E-state index in [1.54, 1.807) is 0 Å². The minimum atomic E-state index is 0.347. The maximum absolute atomic E-state index is 5.49.